The molecule has 0 aliphatic rings. The van der Waals surface area contributed by atoms with Crippen LogP contribution in [-0.2, 0) is 9.59 Å². The zero-order valence-corrected chi connectivity index (χ0v) is 16.3. The number of hydrogen-bond donors (Lipinski definition) is 4. The standard InChI is InChI=1S/C19H23N5O3S/c1-13-6-7-17(22-12-13)24-18(26)8-10-21-19(27)23-14-4-2-3-5-15(14)28-11-9-16(20)25/h2-7,12H,8-11H2,1H3,(H2,20,25)(H2,21,23,27)(H,22,24,26). The van der Waals surface area contributed by atoms with Crippen LogP contribution in [0, 0.1) is 6.92 Å². The fourth-order valence-electron chi connectivity index (χ4n) is 2.16. The summed E-state index contributed by atoms with van der Waals surface area (Å²) in [7, 11) is 0. The minimum absolute atomic E-state index is 0.123. The molecule has 9 heteroatoms. The summed E-state index contributed by atoms with van der Waals surface area (Å²) in [5.41, 5.74) is 6.77. The number of amides is 4. The first-order valence-electron chi connectivity index (χ1n) is 8.71. The van der Waals surface area contributed by atoms with E-state index in [0.717, 1.165) is 10.5 Å². The van der Waals surface area contributed by atoms with Gasteiger partial charge < -0.3 is 21.7 Å². The highest BCUT2D eigenvalue weighted by Crippen LogP contribution is 2.27. The number of thioether (sulfide) groups is 1. The van der Waals surface area contributed by atoms with E-state index in [9.17, 15) is 14.4 Å². The zero-order chi connectivity index (χ0) is 20.4. The number of nitrogens with one attached hydrogen (secondary N) is 3. The third-order valence-corrected chi connectivity index (χ3v) is 4.63. The van der Waals surface area contributed by atoms with Crippen LogP contribution < -0.4 is 21.7 Å². The van der Waals surface area contributed by atoms with Crippen LogP contribution in [0.2, 0.25) is 0 Å². The van der Waals surface area contributed by atoms with E-state index in [-0.39, 0.29) is 31.2 Å². The van der Waals surface area contributed by atoms with Crippen molar-refractivity contribution in [1.29, 1.82) is 0 Å². The first-order valence-corrected chi connectivity index (χ1v) is 9.70. The maximum absolute atomic E-state index is 12.1. The number of anilines is 2. The topological polar surface area (TPSA) is 126 Å². The number of benzene rings is 1. The maximum atomic E-state index is 12.1. The Morgan fingerprint density at radius 2 is 1.86 bits per heavy atom. The number of nitrogens with zero attached hydrogens (tertiary/aromatic N) is 1. The van der Waals surface area contributed by atoms with Gasteiger partial charge in [-0.2, -0.15) is 0 Å². The van der Waals surface area contributed by atoms with Crippen LogP contribution >= 0.6 is 11.8 Å². The molecule has 0 atom stereocenters. The third-order valence-electron chi connectivity index (χ3n) is 3.56. The van der Waals surface area contributed by atoms with E-state index in [2.05, 4.69) is 20.9 Å². The Bertz CT molecular complexity index is 827. The second-order valence-corrected chi connectivity index (χ2v) is 7.10. The normalized spacial score (nSPS) is 10.2. The summed E-state index contributed by atoms with van der Waals surface area (Å²) in [6.07, 6.45) is 2.05. The molecule has 28 heavy (non-hydrogen) atoms. The number of urea groups is 1. The highest BCUT2D eigenvalue weighted by molar-refractivity contribution is 7.99. The monoisotopic (exact) mass is 401 g/mol. The van der Waals surface area contributed by atoms with Crippen molar-refractivity contribution in [3.05, 3.63) is 48.2 Å². The zero-order valence-electron chi connectivity index (χ0n) is 15.5. The lowest BCUT2D eigenvalue weighted by Gasteiger charge is -2.11. The van der Waals surface area contributed by atoms with Crippen molar-refractivity contribution in [3.8, 4) is 0 Å². The number of aromatic nitrogens is 1. The molecule has 1 aromatic heterocycles. The van der Waals surface area contributed by atoms with Crippen molar-refractivity contribution in [2.45, 2.75) is 24.7 Å². The van der Waals surface area contributed by atoms with Crippen molar-refractivity contribution in [2.24, 2.45) is 5.73 Å². The van der Waals surface area contributed by atoms with Gasteiger partial charge in [0.1, 0.15) is 5.82 Å². The molecular formula is C19H23N5O3S. The van der Waals surface area contributed by atoms with E-state index in [4.69, 9.17) is 5.73 Å². The predicted octanol–water partition coefficient (Wildman–Crippen LogP) is 2.51. The average molecular weight is 401 g/mol. The first-order chi connectivity index (χ1) is 13.4. The largest absolute Gasteiger partial charge is 0.370 e. The number of pyridine rings is 1. The second-order valence-electron chi connectivity index (χ2n) is 5.96. The minimum Gasteiger partial charge on any atom is -0.370 e. The molecule has 0 fully saturated rings. The molecule has 2 aromatic rings. The molecule has 4 amide bonds. The van der Waals surface area contributed by atoms with Crippen molar-refractivity contribution < 1.29 is 14.4 Å². The quantitative estimate of drug-likeness (QED) is 0.480. The van der Waals surface area contributed by atoms with Gasteiger partial charge in [0, 0.05) is 36.2 Å². The summed E-state index contributed by atoms with van der Waals surface area (Å²) < 4.78 is 0. The summed E-state index contributed by atoms with van der Waals surface area (Å²) in [5.74, 6) is 0.402. The Morgan fingerprint density at radius 1 is 1.07 bits per heavy atom. The van der Waals surface area contributed by atoms with E-state index in [1.54, 1.807) is 24.4 Å². The van der Waals surface area contributed by atoms with Crippen molar-refractivity contribution >= 4 is 41.1 Å². The molecule has 0 saturated heterocycles. The summed E-state index contributed by atoms with van der Waals surface area (Å²) in [6.45, 7) is 2.09. The van der Waals surface area contributed by atoms with Crippen LogP contribution in [0.5, 0.6) is 0 Å². The van der Waals surface area contributed by atoms with Crippen molar-refractivity contribution in [2.75, 3.05) is 22.9 Å². The van der Waals surface area contributed by atoms with E-state index >= 15 is 0 Å². The lowest BCUT2D eigenvalue weighted by molar-refractivity contribution is -0.118. The van der Waals surface area contributed by atoms with E-state index in [1.165, 1.54) is 11.8 Å². The molecule has 0 aliphatic carbocycles. The summed E-state index contributed by atoms with van der Waals surface area (Å²) in [6, 6.07) is 10.4. The van der Waals surface area contributed by atoms with Crippen molar-refractivity contribution in [3.63, 3.8) is 0 Å². The molecule has 0 radical (unpaired) electrons. The average Bonchev–Trinajstić information content (AvgIpc) is 2.65. The van der Waals surface area contributed by atoms with Gasteiger partial charge in [0.25, 0.3) is 0 Å². The molecule has 0 aliphatic heterocycles. The number of primary amides is 1. The Kier molecular flexibility index (Phi) is 8.29. The molecule has 2 rings (SSSR count). The highest BCUT2D eigenvalue weighted by atomic mass is 32.2. The van der Waals surface area contributed by atoms with E-state index < -0.39 is 6.03 Å². The smallest absolute Gasteiger partial charge is 0.319 e. The minimum atomic E-state index is -0.413. The van der Waals surface area contributed by atoms with Gasteiger partial charge in [-0.05, 0) is 30.7 Å². The number of hydrogen-bond acceptors (Lipinski definition) is 5. The summed E-state index contributed by atoms with van der Waals surface area (Å²) >= 11 is 1.43. The van der Waals surface area contributed by atoms with Crippen LogP contribution in [0.4, 0.5) is 16.3 Å². The number of aryl methyl sites for hydroxylation is 1. The number of carbonyl (C=O) groups excluding carboxylic acids is 3. The molecule has 0 unspecified atom stereocenters. The van der Waals surface area contributed by atoms with Crippen LogP contribution in [0.25, 0.3) is 0 Å². The lowest BCUT2D eigenvalue weighted by atomic mass is 10.3. The number of nitrogens with two attached hydrogens (primary N) is 1. The van der Waals surface area contributed by atoms with Gasteiger partial charge in [-0.25, -0.2) is 9.78 Å². The third kappa shape index (κ3) is 7.67. The molecule has 5 N–H and O–H groups in total. The summed E-state index contributed by atoms with van der Waals surface area (Å²) in [5, 5.41) is 8.06. The van der Waals surface area contributed by atoms with Gasteiger partial charge in [0.2, 0.25) is 11.8 Å². The number of rotatable bonds is 9. The predicted molar refractivity (Wildman–Crippen MR) is 110 cm³/mol. The number of para-hydroxylation sites is 1. The van der Waals surface area contributed by atoms with Gasteiger partial charge in [0.05, 0.1) is 5.69 Å². The molecule has 1 heterocycles. The first kappa shape index (κ1) is 21.2. The fraction of sp³-hybridized carbons (Fsp3) is 0.263. The van der Waals surface area contributed by atoms with Crippen LogP contribution in [0.1, 0.15) is 18.4 Å². The Hall–Kier alpha value is -3.07. The van der Waals surface area contributed by atoms with E-state index in [1.807, 2.05) is 25.1 Å². The Balaban J connectivity index is 1.75. The van der Waals surface area contributed by atoms with Crippen LogP contribution in [-0.4, -0.2) is 35.1 Å². The van der Waals surface area contributed by atoms with Gasteiger partial charge in [-0.15, -0.1) is 11.8 Å². The van der Waals surface area contributed by atoms with Gasteiger partial charge in [-0.3, -0.25) is 9.59 Å². The second kappa shape index (κ2) is 10.9. The molecule has 0 bridgehead atoms. The molecule has 8 nitrogen and oxygen atoms in total. The molecule has 0 saturated carbocycles. The van der Waals surface area contributed by atoms with Crippen molar-refractivity contribution in [1.82, 2.24) is 10.3 Å². The molecule has 148 valence electrons. The van der Waals surface area contributed by atoms with Gasteiger partial charge in [0.15, 0.2) is 0 Å². The molecule has 0 spiro atoms. The SMILES string of the molecule is Cc1ccc(NC(=O)CCNC(=O)Nc2ccccc2SCCC(N)=O)nc1. The Labute approximate surface area is 167 Å². The lowest BCUT2D eigenvalue weighted by Crippen LogP contribution is -2.31. The van der Waals surface area contributed by atoms with Gasteiger partial charge in [-0.1, -0.05) is 18.2 Å². The summed E-state index contributed by atoms with van der Waals surface area (Å²) in [4.78, 5) is 39.8. The number of carbonyl (C=O) groups is 3. The highest BCUT2D eigenvalue weighted by Gasteiger charge is 2.09. The van der Waals surface area contributed by atoms with E-state index in [0.29, 0.717) is 17.3 Å². The fourth-order valence-corrected chi connectivity index (χ4v) is 3.13. The molecule has 1 aromatic carbocycles. The van der Waals surface area contributed by atoms with Crippen LogP contribution in [0.15, 0.2) is 47.5 Å². The molecular weight excluding hydrogens is 378 g/mol. The van der Waals surface area contributed by atoms with Gasteiger partial charge >= 0.3 is 6.03 Å². The maximum Gasteiger partial charge on any atom is 0.319 e. The Morgan fingerprint density at radius 3 is 2.57 bits per heavy atom. The van der Waals surface area contributed by atoms with Crippen LogP contribution in [0.3, 0.4) is 0 Å².